The summed E-state index contributed by atoms with van der Waals surface area (Å²) in [7, 11) is 1.62. The summed E-state index contributed by atoms with van der Waals surface area (Å²) in [6, 6.07) is 15.1. The Balaban J connectivity index is 1.45. The minimum absolute atomic E-state index is 0.191. The third-order valence-corrected chi connectivity index (χ3v) is 5.71. The fourth-order valence-corrected chi connectivity index (χ4v) is 3.78. The summed E-state index contributed by atoms with van der Waals surface area (Å²) in [5, 5.41) is 12.5. The molecule has 7 nitrogen and oxygen atoms in total. The van der Waals surface area contributed by atoms with E-state index in [1.165, 1.54) is 0 Å². The van der Waals surface area contributed by atoms with Crippen LogP contribution in [0.1, 0.15) is 41.7 Å². The standard InChI is InChI=1S/C24H22N4O3/c1-31-21-5-3-19(4-6-21)28-13-10-17(15-28)23(30)27-18-2-7-22(26-14-18)24(16-25)11-8-20(29)9-12-24/h2-7,10,13-15H,8-9,11-12H2,1H3,(H,27,30). The smallest absolute Gasteiger partial charge is 0.257 e. The molecule has 1 amide bonds. The molecule has 1 N–H and O–H groups in total. The molecule has 3 aromatic rings. The summed E-state index contributed by atoms with van der Waals surface area (Å²) in [6.45, 7) is 0. The van der Waals surface area contributed by atoms with E-state index in [4.69, 9.17) is 4.74 Å². The normalized spacial score (nSPS) is 15.2. The van der Waals surface area contributed by atoms with E-state index < -0.39 is 5.41 Å². The number of carbonyl (C=O) groups is 2. The average molecular weight is 414 g/mol. The van der Waals surface area contributed by atoms with E-state index in [-0.39, 0.29) is 11.7 Å². The van der Waals surface area contributed by atoms with Crippen LogP contribution in [0.25, 0.3) is 5.69 Å². The van der Waals surface area contributed by atoms with Crippen molar-refractivity contribution in [1.29, 1.82) is 5.26 Å². The Morgan fingerprint density at radius 3 is 2.52 bits per heavy atom. The van der Waals surface area contributed by atoms with Crippen molar-refractivity contribution < 1.29 is 14.3 Å². The van der Waals surface area contributed by atoms with Crippen LogP contribution in [0, 0.1) is 11.3 Å². The fraction of sp³-hybridized carbons (Fsp3) is 0.250. The lowest BCUT2D eigenvalue weighted by Crippen LogP contribution is -2.31. The molecule has 0 radical (unpaired) electrons. The van der Waals surface area contributed by atoms with E-state index in [0.717, 1.165) is 11.4 Å². The summed E-state index contributed by atoms with van der Waals surface area (Å²) < 4.78 is 7.03. The Labute approximate surface area is 180 Å². The van der Waals surface area contributed by atoms with Crippen LogP contribution in [-0.2, 0) is 10.2 Å². The number of rotatable bonds is 5. The molecule has 4 rings (SSSR count). The number of ether oxygens (including phenoxy) is 1. The number of nitriles is 1. The monoisotopic (exact) mass is 414 g/mol. The molecule has 1 fully saturated rings. The average Bonchev–Trinajstić information content (AvgIpc) is 3.31. The van der Waals surface area contributed by atoms with Crippen LogP contribution in [0.15, 0.2) is 61.1 Å². The summed E-state index contributed by atoms with van der Waals surface area (Å²) in [5.74, 6) is 0.708. The van der Waals surface area contributed by atoms with Crippen molar-refractivity contribution in [3.05, 3.63) is 72.3 Å². The SMILES string of the molecule is COc1ccc(-n2ccc(C(=O)Nc3ccc(C4(C#N)CCC(=O)CC4)nc3)c2)cc1. The number of benzene rings is 1. The van der Waals surface area contributed by atoms with Gasteiger partial charge in [0.05, 0.1) is 36.3 Å². The topological polar surface area (TPSA) is 97.0 Å². The number of nitrogens with zero attached hydrogens (tertiary/aromatic N) is 3. The lowest BCUT2D eigenvalue weighted by molar-refractivity contribution is -0.121. The second-order valence-corrected chi connectivity index (χ2v) is 7.62. The van der Waals surface area contributed by atoms with Crippen LogP contribution < -0.4 is 10.1 Å². The van der Waals surface area contributed by atoms with Gasteiger partial charge in [-0.1, -0.05) is 0 Å². The molecular formula is C24H22N4O3. The van der Waals surface area contributed by atoms with Crippen molar-refractivity contribution in [2.24, 2.45) is 0 Å². The van der Waals surface area contributed by atoms with Gasteiger partial charge in [0.1, 0.15) is 16.9 Å². The summed E-state index contributed by atoms with van der Waals surface area (Å²) >= 11 is 0. The van der Waals surface area contributed by atoms with Gasteiger partial charge in [-0.3, -0.25) is 14.6 Å². The Morgan fingerprint density at radius 2 is 1.90 bits per heavy atom. The van der Waals surface area contributed by atoms with Gasteiger partial charge in [-0.15, -0.1) is 0 Å². The highest BCUT2D eigenvalue weighted by Crippen LogP contribution is 2.37. The van der Waals surface area contributed by atoms with Gasteiger partial charge in [0.25, 0.3) is 5.91 Å². The first-order chi connectivity index (χ1) is 15.0. The highest BCUT2D eigenvalue weighted by atomic mass is 16.5. The number of pyridine rings is 1. The molecule has 0 spiro atoms. The van der Waals surface area contributed by atoms with E-state index in [0.29, 0.717) is 42.6 Å². The zero-order valence-corrected chi connectivity index (χ0v) is 17.2. The van der Waals surface area contributed by atoms with Gasteiger partial charge in [-0.05, 0) is 55.3 Å². The molecule has 0 bridgehead atoms. The second-order valence-electron chi connectivity index (χ2n) is 7.62. The van der Waals surface area contributed by atoms with Crippen LogP contribution in [0.5, 0.6) is 5.75 Å². The number of Topliss-reactive ketones (excluding diaryl/α,β-unsaturated/α-hetero) is 1. The van der Waals surface area contributed by atoms with E-state index in [1.54, 1.807) is 37.7 Å². The molecule has 1 saturated carbocycles. The summed E-state index contributed by atoms with van der Waals surface area (Å²) in [5.41, 5.74) is 1.89. The van der Waals surface area contributed by atoms with E-state index in [2.05, 4.69) is 16.4 Å². The molecule has 0 aliphatic heterocycles. The molecule has 2 aromatic heterocycles. The number of ketones is 1. The molecule has 156 valence electrons. The first kappa shape index (κ1) is 20.4. The molecule has 1 aromatic carbocycles. The van der Waals surface area contributed by atoms with Crippen LogP contribution in [0.4, 0.5) is 5.69 Å². The molecule has 0 saturated heterocycles. The van der Waals surface area contributed by atoms with Crippen molar-refractivity contribution in [2.75, 3.05) is 12.4 Å². The molecule has 1 aliphatic rings. The van der Waals surface area contributed by atoms with Crippen molar-refractivity contribution >= 4 is 17.4 Å². The maximum Gasteiger partial charge on any atom is 0.257 e. The number of nitrogens with one attached hydrogen (secondary N) is 1. The Bertz CT molecular complexity index is 1130. The van der Waals surface area contributed by atoms with Gasteiger partial charge in [-0.2, -0.15) is 5.26 Å². The van der Waals surface area contributed by atoms with Crippen molar-refractivity contribution in [3.8, 4) is 17.5 Å². The quantitative estimate of drug-likeness (QED) is 0.680. The predicted molar refractivity (Wildman–Crippen MR) is 115 cm³/mol. The second kappa shape index (κ2) is 8.44. The highest BCUT2D eigenvalue weighted by Gasteiger charge is 2.37. The number of amides is 1. The molecule has 0 unspecified atom stereocenters. The van der Waals surface area contributed by atoms with Crippen LogP contribution in [-0.4, -0.2) is 28.4 Å². The van der Waals surface area contributed by atoms with Gasteiger partial charge in [-0.25, -0.2) is 0 Å². The Morgan fingerprint density at radius 1 is 1.16 bits per heavy atom. The highest BCUT2D eigenvalue weighted by molar-refractivity contribution is 6.04. The number of hydrogen-bond donors (Lipinski definition) is 1. The van der Waals surface area contributed by atoms with Gasteiger partial charge in [0.2, 0.25) is 0 Å². The number of carbonyl (C=O) groups excluding carboxylic acids is 2. The number of aromatic nitrogens is 2. The van der Waals surface area contributed by atoms with E-state index in [1.807, 2.05) is 35.0 Å². The fourth-order valence-electron chi connectivity index (χ4n) is 3.78. The number of anilines is 1. The Hall–Kier alpha value is -3.92. The minimum Gasteiger partial charge on any atom is -0.497 e. The molecule has 31 heavy (non-hydrogen) atoms. The van der Waals surface area contributed by atoms with Crippen LogP contribution in [0.3, 0.4) is 0 Å². The maximum atomic E-state index is 12.6. The number of methoxy groups -OCH3 is 1. The van der Waals surface area contributed by atoms with Gasteiger partial charge < -0.3 is 14.6 Å². The third kappa shape index (κ3) is 4.19. The zero-order valence-electron chi connectivity index (χ0n) is 17.2. The van der Waals surface area contributed by atoms with Crippen molar-refractivity contribution in [2.45, 2.75) is 31.1 Å². The summed E-state index contributed by atoms with van der Waals surface area (Å²) in [4.78, 5) is 28.6. The van der Waals surface area contributed by atoms with Crippen molar-refractivity contribution in [3.63, 3.8) is 0 Å². The van der Waals surface area contributed by atoms with Gasteiger partial charge >= 0.3 is 0 Å². The van der Waals surface area contributed by atoms with Crippen molar-refractivity contribution in [1.82, 2.24) is 9.55 Å². The molecule has 0 atom stereocenters. The largest absolute Gasteiger partial charge is 0.497 e. The third-order valence-electron chi connectivity index (χ3n) is 5.71. The minimum atomic E-state index is -0.730. The molecular weight excluding hydrogens is 392 g/mol. The van der Waals surface area contributed by atoms with E-state index in [9.17, 15) is 14.9 Å². The first-order valence-electron chi connectivity index (χ1n) is 10.1. The first-order valence-corrected chi connectivity index (χ1v) is 10.1. The maximum absolute atomic E-state index is 12.6. The molecule has 1 aliphatic carbocycles. The van der Waals surface area contributed by atoms with Crippen LogP contribution >= 0.6 is 0 Å². The van der Waals surface area contributed by atoms with Gasteiger partial charge in [0.15, 0.2) is 0 Å². The van der Waals surface area contributed by atoms with Gasteiger partial charge in [0, 0.05) is 30.9 Å². The van der Waals surface area contributed by atoms with Crippen LogP contribution in [0.2, 0.25) is 0 Å². The lowest BCUT2D eigenvalue weighted by atomic mass is 9.72. The summed E-state index contributed by atoms with van der Waals surface area (Å²) in [6.07, 6.45) is 6.91. The lowest BCUT2D eigenvalue weighted by Gasteiger charge is -2.29. The van der Waals surface area contributed by atoms with E-state index >= 15 is 0 Å². The molecule has 7 heteroatoms. The molecule has 2 heterocycles. The predicted octanol–water partition coefficient (Wildman–Crippen LogP) is 4.04. The Kier molecular flexibility index (Phi) is 5.54. The zero-order chi connectivity index (χ0) is 21.8. The number of hydrogen-bond acceptors (Lipinski definition) is 5.